The van der Waals surface area contributed by atoms with Crippen molar-refractivity contribution in [3.05, 3.63) is 0 Å². The summed E-state index contributed by atoms with van der Waals surface area (Å²) in [5, 5.41) is 0. The van der Waals surface area contributed by atoms with E-state index in [0.717, 1.165) is 38.5 Å². The van der Waals surface area contributed by atoms with Gasteiger partial charge in [-0.3, -0.25) is 4.79 Å². The number of carbonyl (C=O) groups excluding carboxylic acids is 1. The second-order valence-electron chi connectivity index (χ2n) is 4.74. The summed E-state index contributed by atoms with van der Waals surface area (Å²) >= 11 is 0. The third-order valence-corrected chi connectivity index (χ3v) is 3.58. The monoisotopic (exact) mass is 228 g/mol. The van der Waals surface area contributed by atoms with Gasteiger partial charge in [0.25, 0.3) is 0 Å². The number of hydrogen-bond donors (Lipinski definition) is 1. The number of nitrogens with zero attached hydrogens (tertiary/aromatic N) is 1. The number of esters is 1. The standard InChI is InChI=1S/C12H24N2O2/c1-10-5-7-14(9-11(10)8-13)6-3-4-12(15)16-2/h10-11H,3-9,13H2,1-2H3. The van der Waals surface area contributed by atoms with Crippen molar-refractivity contribution >= 4 is 5.97 Å². The van der Waals surface area contributed by atoms with Gasteiger partial charge in [-0.2, -0.15) is 0 Å². The Morgan fingerprint density at radius 2 is 2.31 bits per heavy atom. The zero-order valence-electron chi connectivity index (χ0n) is 10.4. The highest BCUT2D eigenvalue weighted by Gasteiger charge is 2.24. The van der Waals surface area contributed by atoms with E-state index in [9.17, 15) is 4.79 Å². The lowest BCUT2D eigenvalue weighted by molar-refractivity contribution is -0.140. The van der Waals surface area contributed by atoms with Gasteiger partial charge < -0.3 is 15.4 Å². The van der Waals surface area contributed by atoms with Crippen molar-refractivity contribution in [3.8, 4) is 0 Å². The van der Waals surface area contributed by atoms with Crippen LogP contribution in [0.1, 0.15) is 26.2 Å². The van der Waals surface area contributed by atoms with Gasteiger partial charge in [0.1, 0.15) is 0 Å². The molecule has 16 heavy (non-hydrogen) atoms. The molecular formula is C12H24N2O2. The fourth-order valence-corrected chi connectivity index (χ4v) is 2.28. The minimum absolute atomic E-state index is 0.110. The average molecular weight is 228 g/mol. The Morgan fingerprint density at radius 3 is 2.94 bits per heavy atom. The van der Waals surface area contributed by atoms with Gasteiger partial charge in [0, 0.05) is 13.0 Å². The van der Waals surface area contributed by atoms with Gasteiger partial charge in [0.05, 0.1) is 7.11 Å². The molecule has 1 heterocycles. The van der Waals surface area contributed by atoms with Crippen LogP contribution >= 0.6 is 0 Å². The Balaban J connectivity index is 2.20. The zero-order valence-corrected chi connectivity index (χ0v) is 10.4. The molecular weight excluding hydrogens is 204 g/mol. The van der Waals surface area contributed by atoms with Crippen LogP contribution in [0, 0.1) is 11.8 Å². The lowest BCUT2D eigenvalue weighted by Crippen LogP contribution is -2.43. The van der Waals surface area contributed by atoms with Crippen LogP contribution in [-0.2, 0) is 9.53 Å². The van der Waals surface area contributed by atoms with Gasteiger partial charge in [0.2, 0.25) is 0 Å². The first-order valence-corrected chi connectivity index (χ1v) is 6.16. The summed E-state index contributed by atoms with van der Waals surface area (Å²) in [5.41, 5.74) is 5.75. The average Bonchev–Trinajstić information content (AvgIpc) is 2.31. The van der Waals surface area contributed by atoms with E-state index in [1.54, 1.807) is 0 Å². The molecule has 4 nitrogen and oxygen atoms in total. The maximum absolute atomic E-state index is 11.0. The fraction of sp³-hybridized carbons (Fsp3) is 0.917. The van der Waals surface area contributed by atoms with E-state index in [2.05, 4.69) is 16.6 Å². The van der Waals surface area contributed by atoms with E-state index in [1.807, 2.05) is 0 Å². The molecule has 1 aliphatic heterocycles. The minimum Gasteiger partial charge on any atom is -0.469 e. The lowest BCUT2D eigenvalue weighted by atomic mass is 9.87. The maximum Gasteiger partial charge on any atom is 0.305 e. The van der Waals surface area contributed by atoms with Gasteiger partial charge in [-0.05, 0) is 44.3 Å². The summed E-state index contributed by atoms with van der Waals surface area (Å²) in [4.78, 5) is 13.4. The van der Waals surface area contributed by atoms with Crippen LogP contribution in [0.4, 0.5) is 0 Å². The Morgan fingerprint density at radius 1 is 1.56 bits per heavy atom. The molecule has 1 aliphatic rings. The first-order valence-electron chi connectivity index (χ1n) is 6.16. The molecule has 0 bridgehead atoms. The van der Waals surface area contributed by atoms with Crippen LogP contribution in [-0.4, -0.2) is 44.2 Å². The summed E-state index contributed by atoms with van der Waals surface area (Å²) in [5.74, 6) is 1.24. The van der Waals surface area contributed by atoms with E-state index in [1.165, 1.54) is 13.5 Å². The first-order chi connectivity index (χ1) is 7.67. The molecule has 0 amide bonds. The molecule has 1 rings (SSSR count). The molecule has 0 spiro atoms. The number of ether oxygens (including phenoxy) is 1. The number of nitrogens with two attached hydrogens (primary N) is 1. The van der Waals surface area contributed by atoms with E-state index in [4.69, 9.17) is 5.73 Å². The summed E-state index contributed by atoms with van der Waals surface area (Å²) in [7, 11) is 1.44. The van der Waals surface area contributed by atoms with E-state index < -0.39 is 0 Å². The Kier molecular flexibility index (Phi) is 5.77. The number of methoxy groups -OCH3 is 1. The molecule has 1 fully saturated rings. The Labute approximate surface area is 98.1 Å². The van der Waals surface area contributed by atoms with Gasteiger partial charge in [-0.25, -0.2) is 0 Å². The molecule has 4 heteroatoms. The van der Waals surface area contributed by atoms with E-state index in [-0.39, 0.29) is 5.97 Å². The molecule has 2 atom stereocenters. The largest absolute Gasteiger partial charge is 0.469 e. The fourth-order valence-electron chi connectivity index (χ4n) is 2.28. The van der Waals surface area contributed by atoms with Crippen LogP contribution in [0.3, 0.4) is 0 Å². The smallest absolute Gasteiger partial charge is 0.305 e. The van der Waals surface area contributed by atoms with E-state index >= 15 is 0 Å². The van der Waals surface area contributed by atoms with Crippen LogP contribution in [0.2, 0.25) is 0 Å². The predicted molar refractivity (Wildman–Crippen MR) is 64.0 cm³/mol. The second kappa shape index (κ2) is 6.86. The molecule has 0 aromatic rings. The summed E-state index contributed by atoms with van der Waals surface area (Å²) in [6, 6.07) is 0. The second-order valence-corrected chi connectivity index (χ2v) is 4.74. The number of piperidine rings is 1. The van der Waals surface area contributed by atoms with Crippen molar-refractivity contribution < 1.29 is 9.53 Å². The van der Waals surface area contributed by atoms with Crippen LogP contribution < -0.4 is 5.73 Å². The van der Waals surface area contributed by atoms with Crippen LogP contribution in [0.15, 0.2) is 0 Å². The first kappa shape index (κ1) is 13.5. The zero-order chi connectivity index (χ0) is 12.0. The molecule has 0 aromatic heterocycles. The molecule has 94 valence electrons. The van der Waals surface area contributed by atoms with Crippen molar-refractivity contribution in [1.82, 2.24) is 4.90 Å². The lowest BCUT2D eigenvalue weighted by Gasteiger charge is -2.36. The minimum atomic E-state index is -0.110. The van der Waals surface area contributed by atoms with Crippen molar-refractivity contribution in [2.75, 3.05) is 33.3 Å². The third-order valence-electron chi connectivity index (χ3n) is 3.58. The van der Waals surface area contributed by atoms with Gasteiger partial charge >= 0.3 is 5.97 Å². The Hall–Kier alpha value is -0.610. The molecule has 0 radical (unpaired) electrons. The highest BCUT2D eigenvalue weighted by Crippen LogP contribution is 2.22. The number of rotatable bonds is 5. The summed E-state index contributed by atoms with van der Waals surface area (Å²) in [6.07, 6.45) is 2.63. The topological polar surface area (TPSA) is 55.6 Å². The van der Waals surface area contributed by atoms with Gasteiger partial charge in [-0.1, -0.05) is 6.92 Å². The van der Waals surface area contributed by atoms with Crippen molar-refractivity contribution in [2.45, 2.75) is 26.2 Å². The molecule has 1 saturated heterocycles. The number of likely N-dealkylation sites (tertiary alicyclic amines) is 1. The third kappa shape index (κ3) is 4.10. The van der Waals surface area contributed by atoms with Crippen molar-refractivity contribution in [3.63, 3.8) is 0 Å². The van der Waals surface area contributed by atoms with Crippen molar-refractivity contribution in [1.29, 1.82) is 0 Å². The molecule has 0 aromatic carbocycles. The van der Waals surface area contributed by atoms with Gasteiger partial charge in [-0.15, -0.1) is 0 Å². The maximum atomic E-state index is 11.0. The number of hydrogen-bond acceptors (Lipinski definition) is 4. The normalized spacial score (nSPS) is 26.7. The Bertz CT molecular complexity index is 221. The SMILES string of the molecule is COC(=O)CCCN1CCC(C)C(CN)C1. The highest BCUT2D eigenvalue weighted by molar-refractivity contribution is 5.69. The summed E-state index contributed by atoms with van der Waals surface area (Å²) < 4.78 is 4.62. The molecule has 2 N–H and O–H groups in total. The highest BCUT2D eigenvalue weighted by atomic mass is 16.5. The molecule has 0 saturated carbocycles. The van der Waals surface area contributed by atoms with Crippen LogP contribution in [0.25, 0.3) is 0 Å². The molecule has 0 aliphatic carbocycles. The number of carbonyl (C=O) groups is 1. The van der Waals surface area contributed by atoms with E-state index in [0.29, 0.717) is 12.3 Å². The van der Waals surface area contributed by atoms with Gasteiger partial charge in [0.15, 0.2) is 0 Å². The molecule has 2 unspecified atom stereocenters. The predicted octanol–water partition coefficient (Wildman–Crippen LogP) is 0.856. The van der Waals surface area contributed by atoms with Crippen LogP contribution in [0.5, 0.6) is 0 Å². The quantitative estimate of drug-likeness (QED) is 0.709. The summed E-state index contributed by atoms with van der Waals surface area (Å²) in [6.45, 7) is 6.26. The van der Waals surface area contributed by atoms with Crippen molar-refractivity contribution in [2.24, 2.45) is 17.6 Å².